The standard InChI is InChI=1S/C11H17N3O/c1-9(7-12)14-11(15)8-13-10-5-3-2-4-6-10/h2-6,9,13H,7-8,12H2,1H3,(H,14,15)/t9-/m0/s1. The van der Waals surface area contributed by atoms with Crippen molar-refractivity contribution in [3.8, 4) is 0 Å². The summed E-state index contributed by atoms with van der Waals surface area (Å²) in [5.41, 5.74) is 6.33. The van der Waals surface area contributed by atoms with Crippen LogP contribution in [0.5, 0.6) is 0 Å². The van der Waals surface area contributed by atoms with E-state index in [-0.39, 0.29) is 18.5 Å². The Morgan fingerprint density at radius 3 is 2.67 bits per heavy atom. The van der Waals surface area contributed by atoms with Crippen molar-refractivity contribution in [1.29, 1.82) is 0 Å². The number of rotatable bonds is 5. The van der Waals surface area contributed by atoms with E-state index < -0.39 is 0 Å². The predicted octanol–water partition coefficient (Wildman–Crippen LogP) is 0.562. The largest absolute Gasteiger partial charge is 0.376 e. The molecule has 0 aromatic heterocycles. The Morgan fingerprint density at radius 1 is 1.40 bits per heavy atom. The number of hydrogen-bond donors (Lipinski definition) is 3. The summed E-state index contributed by atoms with van der Waals surface area (Å²) in [6.07, 6.45) is 0. The van der Waals surface area contributed by atoms with Gasteiger partial charge in [-0.05, 0) is 19.1 Å². The fourth-order valence-electron chi connectivity index (χ4n) is 1.12. The summed E-state index contributed by atoms with van der Waals surface area (Å²) in [5.74, 6) is -0.0446. The van der Waals surface area contributed by atoms with Crippen molar-refractivity contribution in [3.05, 3.63) is 30.3 Å². The van der Waals surface area contributed by atoms with E-state index in [1.165, 1.54) is 0 Å². The van der Waals surface area contributed by atoms with Gasteiger partial charge in [-0.2, -0.15) is 0 Å². The van der Waals surface area contributed by atoms with Crippen LogP contribution in [0.25, 0.3) is 0 Å². The first-order chi connectivity index (χ1) is 7.22. The molecule has 0 aliphatic rings. The lowest BCUT2D eigenvalue weighted by molar-refractivity contribution is -0.119. The first-order valence-corrected chi connectivity index (χ1v) is 5.00. The van der Waals surface area contributed by atoms with Gasteiger partial charge < -0.3 is 16.4 Å². The maximum atomic E-state index is 11.4. The third kappa shape index (κ3) is 4.46. The van der Waals surface area contributed by atoms with Crippen LogP contribution in [0.1, 0.15) is 6.92 Å². The Balaban J connectivity index is 2.29. The van der Waals surface area contributed by atoms with Crippen LogP contribution in [0.2, 0.25) is 0 Å². The lowest BCUT2D eigenvalue weighted by Gasteiger charge is -2.12. The minimum Gasteiger partial charge on any atom is -0.376 e. The molecule has 1 atom stereocenters. The average Bonchev–Trinajstić information content (AvgIpc) is 2.27. The maximum absolute atomic E-state index is 11.4. The van der Waals surface area contributed by atoms with E-state index in [1.54, 1.807) is 0 Å². The van der Waals surface area contributed by atoms with Crippen LogP contribution in [0.3, 0.4) is 0 Å². The van der Waals surface area contributed by atoms with Crippen LogP contribution in [0.15, 0.2) is 30.3 Å². The van der Waals surface area contributed by atoms with Gasteiger partial charge in [-0.25, -0.2) is 0 Å². The quantitative estimate of drug-likeness (QED) is 0.661. The fourth-order valence-corrected chi connectivity index (χ4v) is 1.12. The Kier molecular flexibility index (Phi) is 4.63. The van der Waals surface area contributed by atoms with Gasteiger partial charge in [0.05, 0.1) is 6.54 Å². The molecule has 1 amide bonds. The van der Waals surface area contributed by atoms with Gasteiger partial charge in [-0.3, -0.25) is 4.79 Å². The molecule has 4 nitrogen and oxygen atoms in total. The summed E-state index contributed by atoms with van der Waals surface area (Å²) in [7, 11) is 0. The number of carbonyl (C=O) groups is 1. The van der Waals surface area contributed by atoms with E-state index in [1.807, 2.05) is 37.3 Å². The molecule has 1 aromatic rings. The molecule has 0 spiro atoms. The molecule has 0 heterocycles. The Morgan fingerprint density at radius 2 is 2.07 bits per heavy atom. The molecule has 0 bridgehead atoms. The van der Waals surface area contributed by atoms with Gasteiger partial charge >= 0.3 is 0 Å². The molecule has 4 N–H and O–H groups in total. The van der Waals surface area contributed by atoms with Crippen LogP contribution in [0, 0.1) is 0 Å². The summed E-state index contributed by atoms with van der Waals surface area (Å²) in [5, 5.41) is 5.79. The second-order valence-corrected chi connectivity index (χ2v) is 3.42. The summed E-state index contributed by atoms with van der Waals surface area (Å²) in [4.78, 5) is 11.4. The second-order valence-electron chi connectivity index (χ2n) is 3.42. The van der Waals surface area contributed by atoms with E-state index >= 15 is 0 Å². The highest BCUT2D eigenvalue weighted by Crippen LogP contribution is 2.03. The molecular formula is C11H17N3O. The zero-order valence-corrected chi connectivity index (χ0v) is 8.86. The van der Waals surface area contributed by atoms with Gasteiger partial charge in [0, 0.05) is 18.3 Å². The number of amides is 1. The highest BCUT2D eigenvalue weighted by atomic mass is 16.1. The monoisotopic (exact) mass is 207 g/mol. The lowest BCUT2D eigenvalue weighted by Crippen LogP contribution is -2.40. The third-order valence-corrected chi connectivity index (χ3v) is 1.99. The van der Waals surface area contributed by atoms with Crippen LogP contribution < -0.4 is 16.4 Å². The Labute approximate surface area is 89.9 Å². The number of anilines is 1. The average molecular weight is 207 g/mol. The van der Waals surface area contributed by atoms with Gasteiger partial charge in [-0.1, -0.05) is 18.2 Å². The Hall–Kier alpha value is -1.55. The third-order valence-electron chi connectivity index (χ3n) is 1.99. The summed E-state index contributed by atoms with van der Waals surface area (Å²) >= 11 is 0. The van der Waals surface area contributed by atoms with Crippen molar-refractivity contribution in [3.63, 3.8) is 0 Å². The van der Waals surface area contributed by atoms with Crippen molar-refractivity contribution in [2.45, 2.75) is 13.0 Å². The molecular weight excluding hydrogens is 190 g/mol. The van der Waals surface area contributed by atoms with E-state index in [0.29, 0.717) is 6.54 Å². The highest BCUT2D eigenvalue weighted by molar-refractivity contribution is 5.80. The van der Waals surface area contributed by atoms with Crippen LogP contribution in [-0.4, -0.2) is 25.0 Å². The molecule has 0 saturated heterocycles. The molecule has 82 valence electrons. The highest BCUT2D eigenvalue weighted by Gasteiger charge is 2.04. The van der Waals surface area contributed by atoms with Gasteiger partial charge in [-0.15, -0.1) is 0 Å². The summed E-state index contributed by atoms with van der Waals surface area (Å²) in [6.45, 7) is 2.60. The van der Waals surface area contributed by atoms with Gasteiger partial charge in [0.25, 0.3) is 0 Å². The van der Waals surface area contributed by atoms with Crippen LogP contribution in [-0.2, 0) is 4.79 Å². The molecule has 15 heavy (non-hydrogen) atoms. The van der Waals surface area contributed by atoms with Crippen molar-refractivity contribution in [1.82, 2.24) is 5.32 Å². The SMILES string of the molecule is C[C@@H](CN)NC(=O)CNc1ccccc1. The molecule has 0 unspecified atom stereocenters. The molecule has 0 aliphatic carbocycles. The number of benzene rings is 1. The van der Waals surface area contributed by atoms with Crippen LogP contribution in [0.4, 0.5) is 5.69 Å². The zero-order valence-electron chi connectivity index (χ0n) is 8.86. The van der Waals surface area contributed by atoms with E-state index in [9.17, 15) is 4.79 Å². The fraction of sp³-hybridized carbons (Fsp3) is 0.364. The first-order valence-electron chi connectivity index (χ1n) is 5.00. The molecule has 1 aromatic carbocycles. The Bertz CT molecular complexity index is 300. The molecule has 0 radical (unpaired) electrons. The normalized spacial score (nSPS) is 11.9. The van der Waals surface area contributed by atoms with Crippen molar-refractivity contribution in [2.75, 3.05) is 18.4 Å². The number of carbonyl (C=O) groups excluding carboxylic acids is 1. The van der Waals surface area contributed by atoms with Crippen molar-refractivity contribution >= 4 is 11.6 Å². The number of nitrogens with two attached hydrogens (primary N) is 1. The topological polar surface area (TPSA) is 67.1 Å². The smallest absolute Gasteiger partial charge is 0.239 e. The minimum absolute atomic E-state index is 0.0232. The lowest BCUT2D eigenvalue weighted by atomic mass is 10.3. The molecule has 0 saturated carbocycles. The summed E-state index contributed by atoms with van der Waals surface area (Å²) in [6, 6.07) is 9.63. The number of para-hydroxylation sites is 1. The van der Waals surface area contributed by atoms with Crippen molar-refractivity contribution in [2.24, 2.45) is 5.73 Å². The minimum atomic E-state index is -0.0446. The van der Waals surface area contributed by atoms with E-state index in [4.69, 9.17) is 5.73 Å². The van der Waals surface area contributed by atoms with Crippen molar-refractivity contribution < 1.29 is 4.79 Å². The zero-order chi connectivity index (χ0) is 11.1. The predicted molar refractivity (Wildman–Crippen MR) is 61.6 cm³/mol. The molecule has 0 aliphatic heterocycles. The molecule has 4 heteroatoms. The maximum Gasteiger partial charge on any atom is 0.239 e. The first kappa shape index (κ1) is 11.5. The van der Waals surface area contributed by atoms with Crippen LogP contribution >= 0.6 is 0 Å². The van der Waals surface area contributed by atoms with Gasteiger partial charge in [0.1, 0.15) is 0 Å². The number of nitrogens with one attached hydrogen (secondary N) is 2. The number of hydrogen-bond acceptors (Lipinski definition) is 3. The molecule has 1 rings (SSSR count). The summed E-state index contributed by atoms with van der Waals surface area (Å²) < 4.78 is 0. The molecule has 0 fully saturated rings. The van der Waals surface area contributed by atoms with Gasteiger partial charge in [0.15, 0.2) is 0 Å². The second kappa shape index (κ2) is 6.03. The van der Waals surface area contributed by atoms with Gasteiger partial charge in [0.2, 0.25) is 5.91 Å². The van der Waals surface area contributed by atoms with E-state index in [0.717, 1.165) is 5.69 Å². The van der Waals surface area contributed by atoms with E-state index in [2.05, 4.69) is 10.6 Å².